The third kappa shape index (κ3) is 9.87. The molecule has 1 aliphatic rings. The average Bonchev–Trinajstić information content (AvgIpc) is 2.49. The van der Waals surface area contributed by atoms with E-state index in [2.05, 4.69) is 16.8 Å². The maximum absolute atomic E-state index is 10.9. The zero-order chi connectivity index (χ0) is 16.1. The number of ether oxygens (including phenoxy) is 1. The Balaban J connectivity index is 0.000000384. The second-order valence-corrected chi connectivity index (χ2v) is 4.78. The van der Waals surface area contributed by atoms with Gasteiger partial charge in [-0.1, -0.05) is 18.7 Å². The summed E-state index contributed by atoms with van der Waals surface area (Å²) in [5.74, 6) is 0.0758. The highest BCUT2D eigenvalue weighted by Gasteiger charge is 2.12. The van der Waals surface area contributed by atoms with Gasteiger partial charge in [0.2, 0.25) is 5.91 Å². The summed E-state index contributed by atoms with van der Waals surface area (Å²) in [6.07, 6.45) is 7.84. The lowest BCUT2D eigenvalue weighted by atomic mass is 10.3. The van der Waals surface area contributed by atoms with Crippen LogP contribution in [0.25, 0.3) is 0 Å². The minimum Gasteiger partial charge on any atom is -0.379 e. The molecule has 1 aliphatic heterocycles. The number of hydrogen-bond acceptors (Lipinski definition) is 4. The monoisotopic (exact) mass is 295 g/mol. The average molecular weight is 295 g/mol. The fourth-order valence-corrected chi connectivity index (χ4v) is 1.64. The van der Waals surface area contributed by atoms with Gasteiger partial charge in [0, 0.05) is 39.9 Å². The van der Waals surface area contributed by atoms with Crippen LogP contribution in [0.5, 0.6) is 0 Å². The highest BCUT2D eigenvalue weighted by molar-refractivity contribution is 5.77. The van der Waals surface area contributed by atoms with Crippen molar-refractivity contribution < 1.29 is 9.53 Å². The summed E-state index contributed by atoms with van der Waals surface area (Å²) in [5, 5.41) is 2.59. The van der Waals surface area contributed by atoms with Gasteiger partial charge in [0.15, 0.2) is 0 Å². The summed E-state index contributed by atoms with van der Waals surface area (Å²) in [4.78, 5) is 15.0. The molecule has 0 aliphatic carbocycles. The van der Waals surface area contributed by atoms with Crippen LogP contribution in [0.1, 0.15) is 6.92 Å². The molecule has 0 saturated carbocycles. The predicted octanol–water partition coefficient (Wildman–Crippen LogP) is 1.26. The van der Waals surface area contributed by atoms with Crippen LogP contribution in [-0.4, -0.2) is 69.7 Å². The molecule has 0 unspecified atom stereocenters. The minimum absolute atomic E-state index is 0.0758. The van der Waals surface area contributed by atoms with Crippen LogP contribution >= 0.6 is 0 Å². The predicted molar refractivity (Wildman–Crippen MR) is 88.1 cm³/mol. The van der Waals surface area contributed by atoms with E-state index >= 15 is 0 Å². The summed E-state index contributed by atoms with van der Waals surface area (Å²) in [5.41, 5.74) is 1.12. The lowest BCUT2D eigenvalue weighted by molar-refractivity contribution is -0.122. The van der Waals surface area contributed by atoms with Gasteiger partial charge < -0.3 is 15.0 Å². The number of carbonyl (C=O) groups is 1. The van der Waals surface area contributed by atoms with E-state index in [1.165, 1.54) is 0 Å². The number of amides is 1. The second-order valence-electron chi connectivity index (χ2n) is 4.78. The van der Waals surface area contributed by atoms with E-state index < -0.39 is 0 Å². The minimum atomic E-state index is 0.0758. The maximum atomic E-state index is 10.9. The van der Waals surface area contributed by atoms with Gasteiger partial charge in [0.1, 0.15) is 0 Å². The molecule has 0 atom stereocenters. The van der Waals surface area contributed by atoms with Gasteiger partial charge in [-0.2, -0.15) is 0 Å². The largest absolute Gasteiger partial charge is 0.379 e. The van der Waals surface area contributed by atoms with Crippen molar-refractivity contribution in [3.63, 3.8) is 0 Å². The number of morpholine rings is 1. The standard InChI is InChI=1S/C9H15N.C7H14N2O2/c1-5-7-8-9(6-2)10(3)4;1-8-7(10)6-9-2-4-11-5-3-9/h5-8H,2H2,1,3-4H3;2-6H2,1H3,(H,8,10)/b7-5-,9-8+;. The number of carbonyl (C=O) groups excluding carboxylic acids is 1. The summed E-state index contributed by atoms with van der Waals surface area (Å²) >= 11 is 0. The molecule has 0 bridgehead atoms. The van der Waals surface area contributed by atoms with E-state index in [1.54, 1.807) is 7.05 Å². The summed E-state index contributed by atoms with van der Waals surface area (Å²) in [6, 6.07) is 0. The highest BCUT2D eigenvalue weighted by Crippen LogP contribution is 1.98. The number of nitrogens with zero attached hydrogens (tertiary/aromatic N) is 2. The molecule has 0 aromatic rings. The first-order chi connectivity index (χ1) is 10.0. The van der Waals surface area contributed by atoms with Gasteiger partial charge in [-0.3, -0.25) is 9.69 Å². The summed E-state index contributed by atoms with van der Waals surface area (Å²) < 4.78 is 5.14. The fraction of sp³-hybridized carbons (Fsp3) is 0.562. The molecular weight excluding hydrogens is 266 g/mol. The normalized spacial score (nSPS) is 16.1. The van der Waals surface area contributed by atoms with Gasteiger partial charge in [0.05, 0.1) is 19.8 Å². The Bertz CT molecular complexity index is 357. The van der Waals surface area contributed by atoms with Crippen molar-refractivity contribution in [3.05, 3.63) is 36.6 Å². The molecular formula is C16H29N3O2. The molecule has 0 aromatic heterocycles. The van der Waals surface area contributed by atoms with Gasteiger partial charge in [0.25, 0.3) is 0 Å². The van der Waals surface area contributed by atoms with Crippen LogP contribution in [0, 0.1) is 0 Å². The first-order valence-corrected chi connectivity index (χ1v) is 7.18. The molecule has 0 radical (unpaired) electrons. The highest BCUT2D eigenvalue weighted by atomic mass is 16.5. The number of hydrogen-bond donors (Lipinski definition) is 1. The number of rotatable bonds is 5. The van der Waals surface area contributed by atoms with Crippen LogP contribution < -0.4 is 5.32 Å². The second kappa shape index (κ2) is 12.2. The molecule has 5 nitrogen and oxygen atoms in total. The Kier molecular flexibility index (Phi) is 11.3. The third-order valence-corrected chi connectivity index (χ3v) is 2.93. The molecule has 1 fully saturated rings. The van der Waals surface area contributed by atoms with Crippen molar-refractivity contribution in [3.8, 4) is 0 Å². The lowest BCUT2D eigenvalue weighted by Crippen LogP contribution is -2.42. The quantitative estimate of drug-likeness (QED) is 0.776. The third-order valence-electron chi connectivity index (χ3n) is 2.93. The number of nitrogens with one attached hydrogen (secondary N) is 1. The molecule has 1 rings (SSSR count). The topological polar surface area (TPSA) is 44.8 Å². The van der Waals surface area contributed by atoms with Crippen molar-refractivity contribution >= 4 is 5.91 Å². The van der Waals surface area contributed by atoms with Crippen molar-refractivity contribution in [2.24, 2.45) is 0 Å². The molecule has 1 amide bonds. The fourth-order valence-electron chi connectivity index (χ4n) is 1.64. The zero-order valence-electron chi connectivity index (χ0n) is 13.8. The summed E-state index contributed by atoms with van der Waals surface area (Å²) in [7, 11) is 5.65. The Morgan fingerprint density at radius 1 is 1.38 bits per heavy atom. The van der Waals surface area contributed by atoms with Gasteiger partial charge in [-0.15, -0.1) is 0 Å². The van der Waals surface area contributed by atoms with Crippen LogP contribution in [-0.2, 0) is 9.53 Å². The van der Waals surface area contributed by atoms with Crippen molar-refractivity contribution in [2.45, 2.75) is 6.92 Å². The molecule has 5 heteroatoms. The van der Waals surface area contributed by atoms with Crippen LogP contribution in [0.2, 0.25) is 0 Å². The lowest BCUT2D eigenvalue weighted by Gasteiger charge is -2.25. The Morgan fingerprint density at radius 3 is 2.43 bits per heavy atom. The zero-order valence-corrected chi connectivity index (χ0v) is 13.8. The number of likely N-dealkylation sites (N-methyl/N-ethyl adjacent to an activating group) is 2. The van der Waals surface area contributed by atoms with Crippen molar-refractivity contribution in [1.29, 1.82) is 0 Å². The SMILES string of the molecule is C=C/C(=C\C=C/C)N(C)C.CNC(=O)CN1CCOCC1. The first-order valence-electron chi connectivity index (χ1n) is 7.18. The van der Waals surface area contributed by atoms with Crippen molar-refractivity contribution in [2.75, 3.05) is 54.0 Å². The smallest absolute Gasteiger partial charge is 0.233 e. The van der Waals surface area contributed by atoms with Crippen molar-refractivity contribution in [1.82, 2.24) is 15.1 Å². The van der Waals surface area contributed by atoms with E-state index in [4.69, 9.17) is 4.74 Å². The van der Waals surface area contributed by atoms with E-state index in [1.807, 2.05) is 50.2 Å². The van der Waals surface area contributed by atoms with Crippen LogP contribution in [0.3, 0.4) is 0 Å². The van der Waals surface area contributed by atoms with E-state index in [0.717, 1.165) is 32.0 Å². The van der Waals surface area contributed by atoms with E-state index in [-0.39, 0.29) is 5.91 Å². The maximum Gasteiger partial charge on any atom is 0.233 e. The molecule has 120 valence electrons. The van der Waals surface area contributed by atoms with Crippen LogP contribution in [0.4, 0.5) is 0 Å². The van der Waals surface area contributed by atoms with E-state index in [9.17, 15) is 4.79 Å². The van der Waals surface area contributed by atoms with Gasteiger partial charge in [-0.05, 0) is 19.1 Å². The molecule has 0 aromatic carbocycles. The first kappa shape index (κ1) is 19.4. The Labute approximate surface area is 128 Å². The number of allylic oxidation sites excluding steroid dienone is 4. The summed E-state index contributed by atoms with van der Waals surface area (Å²) in [6.45, 7) is 9.42. The molecule has 21 heavy (non-hydrogen) atoms. The molecule has 1 saturated heterocycles. The molecule has 1 heterocycles. The molecule has 1 N–H and O–H groups in total. The van der Waals surface area contributed by atoms with E-state index in [0.29, 0.717) is 6.54 Å². The molecule has 0 spiro atoms. The van der Waals surface area contributed by atoms with Gasteiger partial charge >= 0.3 is 0 Å². The van der Waals surface area contributed by atoms with Crippen LogP contribution in [0.15, 0.2) is 36.6 Å². The Hall–Kier alpha value is -1.59. The Morgan fingerprint density at radius 2 is 2.00 bits per heavy atom. The van der Waals surface area contributed by atoms with Gasteiger partial charge in [-0.25, -0.2) is 0 Å².